The first-order chi connectivity index (χ1) is 10.2. The number of amides is 2. The highest BCUT2D eigenvalue weighted by molar-refractivity contribution is 5.77. The Bertz CT molecular complexity index is 317. The van der Waals surface area contributed by atoms with Crippen molar-refractivity contribution >= 4 is 12.0 Å². The molecule has 1 aliphatic heterocycles. The highest BCUT2D eigenvalue weighted by atomic mass is 16.6. The van der Waals surface area contributed by atoms with Crippen LogP contribution < -0.4 is 5.32 Å². The first kappa shape index (κ1) is 17.7. The van der Waals surface area contributed by atoms with Gasteiger partial charge in [-0.25, -0.2) is 4.79 Å². The van der Waals surface area contributed by atoms with Crippen LogP contribution in [0.15, 0.2) is 0 Å². The van der Waals surface area contributed by atoms with E-state index < -0.39 is 0 Å². The fourth-order valence-corrected chi connectivity index (χ4v) is 2.17. The number of hydrogen-bond acceptors (Lipinski definition) is 5. The maximum Gasteiger partial charge on any atom is 0.409 e. The van der Waals surface area contributed by atoms with Crippen LogP contribution in [0.25, 0.3) is 0 Å². The van der Waals surface area contributed by atoms with Crippen LogP contribution in [0.3, 0.4) is 0 Å². The molecule has 0 saturated carbocycles. The molecule has 0 radical (unpaired) electrons. The number of carbonyl (C=O) groups is 2. The smallest absolute Gasteiger partial charge is 0.409 e. The zero-order valence-corrected chi connectivity index (χ0v) is 13.1. The third kappa shape index (κ3) is 6.77. The molecule has 0 aromatic heterocycles. The van der Waals surface area contributed by atoms with E-state index in [0.717, 1.165) is 19.6 Å². The predicted molar refractivity (Wildman–Crippen MR) is 79.2 cm³/mol. The number of nitrogens with one attached hydrogen (secondary N) is 1. The van der Waals surface area contributed by atoms with Gasteiger partial charge in [-0.3, -0.25) is 4.79 Å². The Labute approximate surface area is 126 Å². The Morgan fingerprint density at radius 2 is 1.76 bits per heavy atom. The molecule has 0 aliphatic carbocycles. The minimum absolute atomic E-state index is 0.137. The SMILES string of the molecule is CCOC(=O)N1CCN(C(=O)CCNCCCOC)CC1. The lowest BCUT2D eigenvalue weighted by atomic mass is 10.3. The van der Waals surface area contributed by atoms with Crippen LogP contribution in [-0.4, -0.2) is 81.4 Å². The van der Waals surface area contributed by atoms with Crippen molar-refractivity contribution < 1.29 is 19.1 Å². The van der Waals surface area contributed by atoms with E-state index >= 15 is 0 Å². The third-order valence-corrected chi connectivity index (χ3v) is 3.38. The van der Waals surface area contributed by atoms with E-state index in [0.29, 0.717) is 45.8 Å². The lowest BCUT2D eigenvalue weighted by Gasteiger charge is -2.34. The molecule has 0 aromatic rings. The Morgan fingerprint density at radius 1 is 1.10 bits per heavy atom. The summed E-state index contributed by atoms with van der Waals surface area (Å²) in [6, 6.07) is 0. The van der Waals surface area contributed by atoms with Gasteiger partial charge in [0.1, 0.15) is 0 Å². The second kappa shape index (κ2) is 10.4. The molecule has 2 amide bonds. The molecule has 0 spiro atoms. The van der Waals surface area contributed by atoms with Gasteiger partial charge in [0.05, 0.1) is 6.61 Å². The molecular formula is C14H27N3O4. The quantitative estimate of drug-likeness (QED) is 0.653. The Hall–Kier alpha value is -1.34. The van der Waals surface area contributed by atoms with Crippen molar-refractivity contribution in [1.29, 1.82) is 0 Å². The highest BCUT2D eigenvalue weighted by Gasteiger charge is 2.24. The average Bonchev–Trinajstić information content (AvgIpc) is 2.51. The molecule has 0 bridgehead atoms. The molecule has 0 aromatic carbocycles. The monoisotopic (exact) mass is 301 g/mol. The Kier molecular flexibility index (Phi) is 8.77. The van der Waals surface area contributed by atoms with Crippen LogP contribution in [0.2, 0.25) is 0 Å². The number of ether oxygens (including phenoxy) is 2. The summed E-state index contributed by atoms with van der Waals surface area (Å²) in [6.45, 7) is 6.71. The van der Waals surface area contributed by atoms with Crippen molar-refractivity contribution in [3.8, 4) is 0 Å². The van der Waals surface area contributed by atoms with E-state index in [9.17, 15) is 9.59 Å². The Morgan fingerprint density at radius 3 is 2.38 bits per heavy atom. The maximum atomic E-state index is 12.0. The van der Waals surface area contributed by atoms with Crippen LogP contribution >= 0.6 is 0 Å². The lowest BCUT2D eigenvalue weighted by Crippen LogP contribution is -2.51. The molecular weight excluding hydrogens is 274 g/mol. The van der Waals surface area contributed by atoms with Gasteiger partial charge in [-0.2, -0.15) is 0 Å². The molecule has 7 heteroatoms. The first-order valence-corrected chi connectivity index (χ1v) is 7.58. The fourth-order valence-electron chi connectivity index (χ4n) is 2.17. The van der Waals surface area contributed by atoms with E-state index in [1.165, 1.54) is 0 Å². The zero-order chi connectivity index (χ0) is 15.5. The molecule has 0 atom stereocenters. The molecule has 122 valence electrons. The van der Waals surface area contributed by atoms with Gasteiger partial charge in [-0.05, 0) is 19.9 Å². The molecule has 7 nitrogen and oxygen atoms in total. The zero-order valence-electron chi connectivity index (χ0n) is 13.1. The van der Waals surface area contributed by atoms with E-state index in [2.05, 4.69) is 5.32 Å². The number of hydrogen-bond donors (Lipinski definition) is 1. The molecule has 1 aliphatic rings. The lowest BCUT2D eigenvalue weighted by molar-refractivity contribution is -0.132. The Balaban J connectivity index is 2.13. The van der Waals surface area contributed by atoms with Crippen LogP contribution in [0, 0.1) is 0 Å². The predicted octanol–water partition coefficient (Wildman–Crippen LogP) is 0.303. The van der Waals surface area contributed by atoms with Gasteiger partial charge in [0, 0.05) is 52.9 Å². The second-order valence-corrected chi connectivity index (χ2v) is 4.91. The summed E-state index contributed by atoms with van der Waals surface area (Å²) in [6.07, 6.45) is 1.15. The van der Waals surface area contributed by atoms with Gasteiger partial charge in [0.25, 0.3) is 0 Å². The molecule has 1 fully saturated rings. The number of nitrogens with zero attached hydrogens (tertiary/aromatic N) is 2. The van der Waals surface area contributed by atoms with Gasteiger partial charge in [0.15, 0.2) is 0 Å². The van der Waals surface area contributed by atoms with Crippen LogP contribution in [0.5, 0.6) is 0 Å². The number of rotatable bonds is 8. The van der Waals surface area contributed by atoms with E-state index in [4.69, 9.17) is 9.47 Å². The minimum Gasteiger partial charge on any atom is -0.450 e. The molecule has 1 heterocycles. The van der Waals surface area contributed by atoms with Gasteiger partial charge in [-0.1, -0.05) is 0 Å². The van der Waals surface area contributed by atoms with Crippen LogP contribution in [0.4, 0.5) is 4.79 Å². The molecule has 1 N–H and O–H groups in total. The van der Waals surface area contributed by atoms with Crippen molar-refractivity contribution in [2.75, 3.05) is 59.6 Å². The maximum absolute atomic E-state index is 12.0. The van der Waals surface area contributed by atoms with Crippen molar-refractivity contribution in [1.82, 2.24) is 15.1 Å². The normalized spacial score (nSPS) is 15.1. The average molecular weight is 301 g/mol. The first-order valence-electron chi connectivity index (χ1n) is 7.58. The van der Waals surface area contributed by atoms with Crippen LogP contribution in [0.1, 0.15) is 19.8 Å². The van der Waals surface area contributed by atoms with Gasteiger partial charge in [0.2, 0.25) is 5.91 Å². The number of methoxy groups -OCH3 is 1. The van der Waals surface area contributed by atoms with Crippen LogP contribution in [-0.2, 0) is 14.3 Å². The van der Waals surface area contributed by atoms with Crippen molar-refractivity contribution in [2.24, 2.45) is 0 Å². The largest absolute Gasteiger partial charge is 0.450 e. The number of carbonyl (C=O) groups excluding carboxylic acids is 2. The van der Waals surface area contributed by atoms with Crippen molar-refractivity contribution in [2.45, 2.75) is 19.8 Å². The molecule has 0 unspecified atom stereocenters. The van der Waals surface area contributed by atoms with Crippen molar-refractivity contribution in [3.63, 3.8) is 0 Å². The van der Waals surface area contributed by atoms with Gasteiger partial charge < -0.3 is 24.6 Å². The fraction of sp³-hybridized carbons (Fsp3) is 0.857. The van der Waals surface area contributed by atoms with Gasteiger partial charge >= 0.3 is 6.09 Å². The summed E-state index contributed by atoms with van der Waals surface area (Å²) in [7, 11) is 1.68. The summed E-state index contributed by atoms with van der Waals surface area (Å²) in [5, 5.41) is 3.22. The molecule has 1 saturated heterocycles. The standard InChI is InChI=1S/C14H27N3O4/c1-3-21-14(19)17-10-8-16(9-11-17)13(18)5-7-15-6-4-12-20-2/h15H,3-12H2,1-2H3. The van der Waals surface area contributed by atoms with E-state index in [-0.39, 0.29) is 12.0 Å². The number of piperazine rings is 1. The summed E-state index contributed by atoms with van der Waals surface area (Å²) in [5.74, 6) is 0.137. The van der Waals surface area contributed by atoms with E-state index in [1.807, 2.05) is 4.90 Å². The summed E-state index contributed by atoms with van der Waals surface area (Å²) in [4.78, 5) is 27.0. The minimum atomic E-state index is -0.288. The third-order valence-electron chi connectivity index (χ3n) is 3.38. The van der Waals surface area contributed by atoms with Gasteiger partial charge in [-0.15, -0.1) is 0 Å². The summed E-state index contributed by atoms with van der Waals surface area (Å²) >= 11 is 0. The van der Waals surface area contributed by atoms with Crippen molar-refractivity contribution in [3.05, 3.63) is 0 Å². The summed E-state index contributed by atoms with van der Waals surface area (Å²) < 4.78 is 9.91. The molecule has 1 rings (SSSR count). The summed E-state index contributed by atoms with van der Waals surface area (Å²) in [5.41, 5.74) is 0. The van der Waals surface area contributed by atoms with E-state index in [1.54, 1.807) is 18.9 Å². The second-order valence-electron chi connectivity index (χ2n) is 4.91. The topological polar surface area (TPSA) is 71.1 Å². The molecule has 21 heavy (non-hydrogen) atoms. The highest BCUT2D eigenvalue weighted by Crippen LogP contribution is 2.05.